The first-order valence-corrected chi connectivity index (χ1v) is 8.65. The Balaban J connectivity index is 1.54. The number of benzene rings is 2. The third-order valence-corrected chi connectivity index (χ3v) is 4.87. The van der Waals surface area contributed by atoms with Gasteiger partial charge in [0.1, 0.15) is 12.6 Å². The molecule has 2 N–H and O–H groups in total. The van der Waals surface area contributed by atoms with Gasteiger partial charge in [-0.3, -0.25) is 0 Å². The van der Waals surface area contributed by atoms with Crippen LogP contribution in [-0.4, -0.2) is 37.8 Å². The van der Waals surface area contributed by atoms with Gasteiger partial charge in [-0.05, 0) is 35.9 Å². The lowest BCUT2D eigenvalue weighted by molar-refractivity contribution is -0.904. The minimum atomic E-state index is -0.444. The largest absolute Gasteiger partial charge is 0.382 e. The minimum absolute atomic E-state index is 0.444. The molecule has 0 bridgehead atoms. The van der Waals surface area contributed by atoms with Crippen LogP contribution in [-0.2, 0) is 0 Å². The summed E-state index contributed by atoms with van der Waals surface area (Å²) in [4.78, 5) is 3.77. The molecule has 3 rings (SSSR count). The van der Waals surface area contributed by atoms with E-state index in [-0.39, 0.29) is 0 Å². The predicted molar refractivity (Wildman–Crippen MR) is 95.6 cm³/mol. The number of nitrogens with zero attached hydrogens (tertiary/aromatic N) is 1. The summed E-state index contributed by atoms with van der Waals surface area (Å²) in [7, 11) is 0. The average molecular weight is 352 g/mol. The van der Waals surface area contributed by atoms with E-state index in [0.29, 0.717) is 5.02 Å². The SMILES string of the molecule is O[C@@H](C[NH+]1CCN(c2cccc(Cl)c2)CC1)c1ccc(Cl)cc1. The average Bonchev–Trinajstić information content (AvgIpc) is 2.56. The Morgan fingerprint density at radius 2 is 1.70 bits per heavy atom. The van der Waals surface area contributed by atoms with E-state index in [4.69, 9.17) is 23.2 Å². The van der Waals surface area contributed by atoms with Gasteiger partial charge in [-0.15, -0.1) is 0 Å². The van der Waals surface area contributed by atoms with Gasteiger partial charge in [-0.2, -0.15) is 0 Å². The number of hydrogen-bond acceptors (Lipinski definition) is 2. The van der Waals surface area contributed by atoms with Crippen molar-refractivity contribution in [2.75, 3.05) is 37.6 Å². The van der Waals surface area contributed by atoms with E-state index in [0.717, 1.165) is 43.3 Å². The summed E-state index contributed by atoms with van der Waals surface area (Å²) in [5.41, 5.74) is 2.11. The summed E-state index contributed by atoms with van der Waals surface area (Å²) in [5, 5.41) is 11.9. The molecule has 1 heterocycles. The first kappa shape index (κ1) is 16.6. The van der Waals surface area contributed by atoms with E-state index in [2.05, 4.69) is 11.0 Å². The highest BCUT2D eigenvalue weighted by molar-refractivity contribution is 6.31. The van der Waals surface area contributed by atoms with Crippen LogP contribution in [0.25, 0.3) is 0 Å². The molecular formula is C18H21Cl2N2O+. The van der Waals surface area contributed by atoms with Gasteiger partial charge in [0, 0.05) is 15.7 Å². The van der Waals surface area contributed by atoms with E-state index in [1.54, 1.807) is 0 Å². The lowest BCUT2D eigenvalue weighted by Gasteiger charge is -2.34. The molecule has 23 heavy (non-hydrogen) atoms. The van der Waals surface area contributed by atoms with Crippen molar-refractivity contribution in [3.05, 3.63) is 64.1 Å². The maximum Gasteiger partial charge on any atom is 0.128 e. The van der Waals surface area contributed by atoms with Crippen LogP contribution in [0, 0.1) is 0 Å². The summed E-state index contributed by atoms with van der Waals surface area (Å²) in [6.07, 6.45) is -0.444. The van der Waals surface area contributed by atoms with Crippen molar-refractivity contribution < 1.29 is 10.0 Å². The molecule has 0 aromatic heterocycles. The molecule has 122 valence electrons. The first-order chi connectivity index (χ1) is 11.1. The number of hydrogen-bond donors (Lipinski definition) is 2. The van der Waals surface area contributed by atoms with Crippen LogP contribution in [0.2, 0.25) is 10.0 Å². The molecular weight excluding hydrogens is 331 g/mol. The molecule has 1 aliphatic rings. The van der Waals surface area contributed by atoms with E-state index in [9.17, 15) is 5.11 Å². The topological polar surface area (TPSA) is 27.9 Å². The zero-order valence-corrected chi connectivity index (χ0v) is 14.4. The predicted octanol–water partition coefficient (Wildman–Crippen LogP) is 2.43. The Morgan fingerprint density at radius 3 is 2.35 bits per heavy atom. The lowest BCUT2D eigenvalue weighted by Crippen LogP contribution is -3.15. The highest BCUT2D eigenvalue weighted by atomic mass is 35.5. The van der Waals surface area contributed by atoms with Crippen molar-refractivity contribution in [1.29, 1.82) is 0 Å². The fraction of sp³-hybridized carbons (Fsp3) is 0.333. The van der Waals surface area contributed by atoms with Crippen molar-refractivity contribution >= 4 is 28.9 Å². The number of quaternary nitrogens is 1. The van der Waals surface area contributed by atoms with Gasteiger partial charge in [0.15, 0.2) is 0 Å². The fourth-order valence-corrected chi connectivity index (χ4v) is 3.34. The normalized spacial score (nSPS) is 17.3. The van der Waals surface area contributed by atoms with Crippen molar-refractivity contribution in [3.8, 4) is 0 Å². The Morgan fingerprint density at radius 1 is 1.00 bits per heavy atom. The smallest absolute Gasteiger partial charge is 0.128 e. The number of piperazine rings is 1. The van der Waals surface area contributed by atoms with E-state index in [1.165, 1.54) is 10.6 Å². The molecule has 5 heteroatoms. The van der Waals surface area contributed by atoms with Gasteiger partial charge in [0.25, 0.3) is 0 Å². The maximum absolute atomic E-state index is 10.4. The molecule has 1 fully saturated rings. The second-order valence-electron chi connectivity index (χ2n) is 5.99. The van der Waals surface area contributed by atoms with Crippen LogP contribution in [0.5, 0.6) is 0 Å². The summed E-state index contributed by atoms with van der Waals surface area (Å²) in [5.74, 6) is 0. The standard InChI is InChI=1S/C18H20Cl2N2O/c19-15-6-4-14(5-7-15)18(23)13-21-8-10-22(11-9-21)17-3-1-2-16(20)12-17/h1-7,12,18,23H,8-11,13H2/p+1/t18-/m0/s1. The Hall–Kier alpha value is -1.26. The van der Waals surface area contributed by atoms with E-state index < -0.39 is 6.10 Å². The van der Waals surface area contributed by atoms with Crippen molar-refractivity contribution in [2.45, 2.75) is 6.10 Å². The van der Waals surface area contributed by atoms with Crippen LogP contribution in [0.15, 0.2) is 48.5 Å². The Labute approximate surface area is 147 Å². The molecule has 0 unspecified atom stereocenters. The quantitative estimate of drug-likeness (QED) is 0.885. The summed E-state index contributed by atoms with van der Waals surface area (Å²) in [6.45, 7) is 4.70. The number of aliphatic hydroxyl groups is 1. The van der Waals surface area contributed by atoms with Crippen molar-refractivity contribution in [1.82, 2.24) is 0 Å². The van der Waals surface area contributed by atoms with Crippen molar-refractivity contribution in [3.63, 3.8) is 0 Å². The first-order valence-electron chi connectivity index (χ1n) is 7.89. The lowest BCUT2D eigenvalue weighted by atomic mass is 10.1. The fourth-order valence-electron chi connectivity index (χ4n) is 3.03. The van der Waals surface area contributed by atoms with Crippen LogP contribution >= 0.6 is 23.2 Å². The molecule has 2 aromatic rings. The third-order valence-electron chi connectivity index (χ3n) is 4.38. The summed E-state index contributed by atoms with van der Waals surface area (Å²) in [6, 6.07) is 15.4. The number of aliphatic hydroxyl groups excluding tert-OH is 1. The van der Waals surface area contributed by atoms with Gasteiger partial charge in [-0.1, -0.05) is 41.4 Å². The van der Waals surface area contributed by atoms with Crippen LogP contribution in [0.1, 0.15) is 11.7 Å². The number of anilines is 1. The van der Waals surface area contributed by atoms with Crippen LogP contribution in [0.4, 0.5) is 5.69 Å². The Bertz CT molecular complexity index is 640. The van der Waals surface area contributed by atoms with Crippen LogP contribution in [0.3, 0.4) is 0 Å². The maximum atomic E-state index is 10.4. The zero-order chi connectivity index (χ0) is 16.2. The molecule has 3 nitrogen and oxygen atoms in total. The monoisotopic (exact) mass is 351 g/mol. The number of halogens is 2. The zero-order valence-electron chi connectivity index (χ0n) is 12.9. The molecule has 0 radical (unpaired) electrons. The van der Waals surface area contributed by atoms with Gasteiger partial charge < -0.3 is 14.9 Å². The molecule has 0 spiro atoms. The number of rotatable bonds is 4. The molecule has 0 amide bonds. The van der Waals surface area contributed by atoms with Gasteiger partial charge in [-0.25, -0.2) is 0 Å². The molecule has 1 atom stereocenters. The molecule has 2 aromatic carbocycles. The molecule has 1 aliphatic heterocycles. The highest BCUT2D eigenvalue weighted by Crippen LogP contribution is 2.19. The number of nitrogens with one attached hydrogen (secondary N) is 1. The third kappa shape index (κ3) is 4.39. The second-order valence-corrected chi connectivity index (χ2v) is 6.86. The molecule has 0 aliphatic carbocycles. The van der Waals surface area contributed by atoms with Crippen molar-refractivity contribution in [2.24, 2.45) is 0 Å². The molecule has 1 saturated heterocycles. The summed E-state index contributed by atoms with van der Waals surface area (Å²) >= 11 is 12.0. The van der Waals surface area contributed by atoms with Gasteiger partial charge in [0.05, 0.1) is 26.2 Å². The minimum Gasteiger partial charge on any atom is -0.382 e. The van der Waals surface area contributed by atoms with E-state index in [1.807, 2.05) is 42.5 Å². The van der Waals surface area contributed by atoms with Crippen LogP contribution < -0.4 is 9.80 Å². The van der Waals surface area contributed by atoms with Gasteiger partial charge >= 0.3 is 0 Å². The molecule has 0 saturated carbocycles. The highest BCUT2D eigenvalue weighted by Gasteiger charge is 2.23. The van der Waals surface area contributed by atoms with E-state index >= 15 is 0 Å². The van der Waals surface area contributed by atoms with Gasteiger partial charge in [0.2, 0.25) is 0 Å². The summed E-state index contributed by atoms with van der Waals surface area (Å²) < 4.78 is 0. The Kier molecular flexibility index (Phi) is 5.44. The second kappa shape index (κ2) is 7.54.